The molecule has 0 atom stereocenters. The van der Waals surface area contributed by atoms with Crippen LogP contribution >= 0.6 is 15.9 Å². The van der Waals surface area contributed by atoms with Crippen LogP contribution in [0.25, 0.3) is 0 Å². The SMILES string of the molecule is N#Cc1ccc(C2CCN(c3ccc(Br)cc3)CC2)cc1. The fraction of sp³-hybridized carbons (Fsp3) is 0.278. The maximum absolute atomic E-state index is 8.86. The topological polar surface area (TPSA) is 27.0 Å². The van der Waals surface area contributed by atoms with Crippen molar-refractivity contribution in [2.45, 2.75) is 18.8 Å². The average molecular weight is 341 g/mol. The van der Waals surface area contributed by atoms with Crippen molar-refractivity contribution in [3.05, 3.63) is 64.1 Å². The Morgan fingerprint density at radius 2 is 1.57 bits per heavy atom. The molecule has 2 aromatic rings. The van der Waals surface area contributed by atoms with E-state index in [4.69, 9.17) is 5.26 Å². The van der Waals surface area contributed by atoms with E-state index < -0.39 is 0 Å². The number of nitriles is 1. The summed E-state index contributed by atoms with van der Waals surface area (Å²) >= 11 is 3.48. The second-order valence-electron chi connectivity index (χ2n) is 5.47. The molecule has 0 aliphatic carbocycles. The van der Waals surface area contributed by atoms with E-state index in [9.17, 15) is 0 Å². The van der Waals surface area contributed by atoms with E-state index in [0.29, 0.717) is 5.92 Å². The lowest BCUT2D eigenvalue weighted by Crippen LogP contribution is -2.32. The zero-order valence-electron chi connectivity index (χ0n) is 11.8. The van der Waals surface area contributed by atoms with Crippen molar-refractivity contribution in [2.24, 2.45) is 0 Å². The number of nitrogens with zero attached hydrogens (tertiary/aromatic N) is 2. The lowest BCUT2D eigenvalue weighted by molar-refractivity contribution is 0.505. The maximum Gasteiger partial charge on any atom is 0.0991 e. The number of halogens is 1. The van der Waals surface area contributed by atoms with Crippen LogP contribution in [0.15, 0.2) is 53.0 Å². The molecule has 1 aliphatic rings. The van der Waals surface area contributed by atoms with Crippen molar-refractivity contribution >= 4 is 21.6 Å². The third-order valence-electron chi connectivity index (χ3n) is 4.20. The first-order chi connectivity index (χ1) is 10.3. The van der Waals surface area contributed by atoms with Gasteiger partial charge in [0.15, 0.2) is 0 Å². The molecule has 1 aliphatic heterocycles. The lowest BCUT2D eigenvalue weighted by atomic mass is 9.89. The minimum Gasteiger partial charge on any atom is -0.371 e. The van der Waals surface area contributed by atoms with Crippen molar-refractivity contribution in [2.75, 3.05) is 18.0 Å². The zero-order valence-corrected chi connectivity index (χ0v) is 13.4. The Kier molecular flexibility index (Phi) is 4.26. The molecule has 0 N–H and O–H groups in total. The molecule has 1 fully saturated rings. The Labute approximate surface area is 134 Å². The number of rotatable bonds is 2. The van der Waals surface area contributed by atoms with E-state index in [1.807, 2.05) is 12.1 Å². The highest BCUT2D eigenvalue weighted by molar-refractivity contribution is 9.10. The van der Waals surface area contributed by atoms with E-state index in [0.717, 1.165) is 23.1 Å². The number of anilines is 1. The van der Waals surface area contributed by atoms with Gasteiger partial charge in [0, 0.05) is 23.2 Å². The third-order valence-corrected chi connectivity index (χ3v) is 4.73. The molecule has 21 heavy (non-hydrogen) atoms. The Hall–Kier alpha value is -1.79. The number of hydrogen-bond acceptors (Lipinski definition) is 2. The summed E-state index contributed by atoms with van der Waals surface area (Å²) in [5.41, 5.74) is 3.41. The fourth-order valence-electron chi connectivity index (χ4n) is 2.95. The highest BCUT2D eigenvalue weighted by Gasteiger charge is 2.20. The predicted octanol–water partition coefficient (Wildman–Crippen LogP) is 4.70. The van der Waals surface area contributed by atoms with Gasteiger partial charge in [0.25, 0.3) is 0 Å². The maximum atomic E-state index is 8.86. The van der Waals surface area contributed by atoms with Crippen molar-refractivity contribution < 1.29 is 0 Å². The molecule has 2 nitrogen and oxygen atoms in total. The molecule has 0 bridgehead atoms. The van der Waals surface area contributed by atoms with Crippen molar-refractivity contribution in [3.63, 3.8) is 0 Å². The van der Waals surface area contributed by atoms with Gasteiger partial charge in [-0.2, -0.15) is 5.26 Å². The van der Waals surface area contributed by atoms with E-state index in [1.165, 1.54) is 24.1 Å². The first-order valence-corrected chi connectivity index (χ1v) is 8.06. The molecule has 0 aromatic heterocycles. The summed E-state index contributed by atoms with van der Waals surface area (Å²) in [5.74, 6) is 0.615. The molecule has 106 valence electrons. The van der Waals surface area contributed by atoms with Gasteiger partial charge in [0.1, 0.15) is 0 Å². The zero-order chi connectivity index (χ0) is 14.7. The number of piperidine rings is 1. The van der Waals surface area contributed by atoms with E-state index >= 15 is 0 Å². The fourth-order valence-corrected chi connectivity index (χ4v) is 3.22. The molecule has 1 heterocycles. The van der Waals surface area contributed by atoms with Crippen LogP contribution in [0.2, 0.25) is 0 Å². The Bertz CT molecular complexity index is 632. The molecule has 0 amide bonds. The van der Waals surface area contributed by atoms with Crippen LogP contribution in [0, 0.1) is 11.3 Å². The van der Waals surface area contributed by atoms with Crippen LogP contribution in [-0.4, -0.2) is 13.1 Å². The normalized spacial score (nSPS) is 15.7. The van der Waals surface area contributed by atoms with Crippen molar-refractivity contribution in [3.8, 4) is 6.07 Å². The highest BCUT2D eigenvalue weighted by Crippen LogP contribution is 2.31. The van der Waals surface area contributed by atoms with Crippen molar-refractivity contribution in [1.82, 2.24) is 0 Å². The summed E-state index contributed by atoms with van der Waals surface area (Å²) < 4.78 is 1.12. The predicted molar refractivity (Wildman–Crippen MR) is 89.5 cm³/mol. The largest absolute Gasteiger partial charge is 0.371 e. The molecular formula is C18H17BrN2. The van der Waals surface area contributed by atoms with E-state index in [1.54, 1.807) is 0 Å². The first kappa shape index (κ1) is 14.2. The minimum absolute atomic E-state index is 0.615. The van der Waals surface area contributed by atoms with Gasteiger partial charge in [0.05, 0.1) is 11.6 Å². The molecule has 3 rings (SSSR count). The smallest absolute Gasteiger partial charge is 0.0991 e. The second kappa shape index (κ2) is 6.32. The molecule has 2 aromatic carbocycles. The van der Waals surface area contributed by atoms with Gasteiger partial charge in [-0.3, -0.25) is 0 Å². The molecule has 0 radical (unpaired) electrons. The summed E-state index contributed by atoms with van der Waals surface area (Å²) in [6.45, 7) is 2.18. The highest BCUT2D eigenvalue weighted by atomic mass is 79.9. The summed E-state index contributed by atoms with van der Waals surface area (Å²) in [6.07, 6.45) is 2.34. The van der Waals surface area contributed by atoms with Gasteiger partial charge in [-0.15, -0.1) is 0 Å². The van der Waals surface area contributed by atoms with Crippen LogP contribution in [0.1, 0.15) is 29.9 Å². The van der Waals surface area contributed by atoms with Crippen LogP contribution in [0.5, 0.6) is 0 Å². The Balaban J connectivity index is 1.64. The van der Waals surface area contributed by atoms with Gasteiger partial charge < -0.3 is 4.90 Å². The standard InChI is InChI=1S/C18H17BrN2/c19-17-5-7-18(8-6-17)21-11-9-16(10-12-21)15-3-1-14(13-20)2-4-15/h1-8,16H,9-12H2. The summed E-state index contributed by atoms with van der Waals surface area (Å²) in [6, 6.07) is 18.8. The quantitative estimate of drug-likeness (QED) is 0.791. The molecule has 1 saturated heterocycles. The van der Waals surface area contributed by atoms with Crippen LogP contribution in [0.3, 0.4) is 0 Å². The van der Waals surface area contributed by atoms with E-state index in [-0.39, 0.29) is 0 Å². The molecular weight excluding hydrogens is 324 g/mol. The monoisotopic (exact) mass is 340 g/mol. The second-order valence-corrected chi connectivity index (χ2v) is 6.39. The minimum atomic E-state index is 0.615. The first-order valence-electron chi connectivity index (χ1n) is 7.27. The van der Waals surface area contributed by atoms with Gasteiger partial charge in [-0.1, -0.05) is 28.1 Å². The average Bonchev–Trinajstić information content (AvgIpc) is 2.56. The van der Waals surface area contributed by atoms with Gasteiger partial charge >= 0.3 is 0 Å². The van der Waals surface area contributed by atoms with E-state index in [2.05, 4.69) is 63.3 Å². The summed E-state index contributed by atoms with van der Waals surface area (Å²) in [7, 11) is 0. The third kappa shape index (κ3) is 3.28. The van der Waals surface area contributed by atoms with Crippen LogP contribution in [0.4, 0.5) is 5.69 Å². The van der Waals surface area contributed by atoms with Crippen molar-refractivity contribution in [1.29, 1.82) is 5.26 Å². The number of benzene rings is 2. The number of hydrogen-bond donors (Lipinski definition) is 0. The summed E-state index contributed by atoms with van der Waals surface area (Å²) in [5, 5.41) is 8.86. The Morgan fingerprint density at radius 3 is 2.14 bits per heavy atom. The molecule has 0 unspecified atom stereocenters. The summed E-state index contributed by atoms with van der Waals surface area (Å²) in [4.78, 5) is 2.45. The van der Waals surface area contributed by atoms with Crippen LogP contribution < -0.4 is 4.90 Å². The van der Waals surface area contributed by atoms with Gasteiger partial charge in [-0.25, -0.2) is 0 Å². The molecule has 0 saturated carbocycles. The molecule has 3 heteroatoms. The van der Waals surface area contributed by atoms with Crippen LogP contribution in [-0.2, 0) is 0 Å². The van der Waals surface area contributed by atoms with Gasteiger partial charge in [-0.05, 0) is 60.7 Å². The molecule has 0 spiro atoms. The van der Waals surface area contributed by atoms with Gasteiger partial charge in [0.2, 0.25) is 0 Å². The lowest BCUT2D eigenvalue weighted by Gasteiger charge is -2.34. The Morgan fingerprint density at radius 1 is 0.952 bits per heavy atom.